The van der Waals surface area contributed by atoms with Gasteiger partial charge in [0.2, 0.25) is 0 Å². The van der Waals surface area contributed by atoms with Crippen LogP contribution in [0, 0.1) is 5.92 Å². The van der Waals surface area contributed by atoms with E-state index in [-0.39, 0.29) is 23.6 Å². The van der Waals surface area contributed by atoms with Crippen molar-refractivity contribution in [2.45, 2.75) is 65.1 Å². The van der Waals surface area contributed by atoms with Gasteiger partial charge in [-0.05, 0) is 50.3 Å². The molecule has 1 aromatic carbocycles. The SMILES string of the molecule is CC(C)Oc1ccc(CN[C@H](c2cc(=O)n3[nH]c(C4CCOCC4)cc3n2)C(C)C)cc1. The Balaban J connectivity index is 1.52. The predicted octanol–water partition coefficient (Wildman–Crippen LogP) is 4.19. The standard InChI is InChI=1S/C25H34N4O3/c1-16(2)25(26-15-18-5-7-20(8-6-18)32-17(3)4)22-14-24(30)29-23(27-22)13-21(28-29)19-9-11-31-12-10-19/h5-8,13-14,16-17,19,25-26,28H,9-12,15H2,1-4H3/t25-/m0/s1. The second-order valence-electron chi connectivity index (χ2n) is 9.22. The molecule has 4 rings (SSSR count). The van der Waals surface area contributed by atoms with Crippen molar-refractivity contribution in [2.75, 3.05) is 13.2 Å². The molecule has 3 heterocycles. The van der Waals surface area contributed by atoms with E-state index >= 15 is 0 Å². The molecule has 1 saturated heterocycles. The predicted molar refractivity (Wildman–Crippen MR) is 125 cm³/mol. The van der Waals surface area contributed by atoms with E-state index < -0.39 is 0 Å². The molecule has 7 heteroatoms. The van der Waals surface area contributed by atoms with Gasteiger partial charge in [0, 0.05) is 43.5 Å². The minimum Gasteiger partial charge on any atom is -0.491 e. The van der Waals surface area contributed by atoms with E-state index in [9.17, 15) is 4.79 Å². The molecule has 0 saturated carbocycles. The number of nitrogens with zero attached hydrogens (tertiary/aromatic N) is 2. The van der Waals surface area contributed by atoms with Gasteiger partial charge < -0.3 is 14.8 Å². The first-order valence-corrected chi connectivity index (χ1v) is 11.6. The molecular weight excluding hydrogens is 404 g/mol. The van der Waals surface area contributed by atoms with Crippen LogP contribution in [0.4, 0.5) is 0 Å². The monoisotopic (exact) mass is 438 g/mol. The second kappa shape index (κ2) is 9.88. The van der Waals surface area contributed by atoms with Crippen LogP contribution in [0.3, 0.4) is 0 Å². The summed E-state index contributed by atoms with van der Waals surface area (Å²) in [4.78, 5) is 17.7. The van der Waals surface area contributed by atoms with Gasteiger partial charge in [-0.15, -0.1) is 0 Å². The number of aromatic nitrogens is 3. The normalized spacial score (nSPS) is 16.2. The molecule has 0 amide bonds. The van der Waals surface area contributed by atoms with E-state index in [4.69, 9.17) is 14.5 Å². The molecule has 2 N–H and O–H groups in total. The van der Waals surface area contributed by atoms with E-state index in [2.05, 4.69) is 36.4 Å². The lowest BCUT2D eigenvalue weighted by Gasteiger charge is -2.22. The van der Waals surface area contributed by atoms with Crippen LogP contribution in [0.5, 0.6) is 5.75 Å². The smallest absolute Gasteiger partial charge is 0.272 e. The van der Waals surface area contributed by atoms with Crippen LogP contribution in [0.15, 0.2) is 41.2 Å². The first-order chi connectivity index (χ1) is 15.4. The third-order valence-corrected chi connectivity index (χ3v) is 5.96. The van der Waals surface area contributed by atoms with Crippen molar-refractivity contribution in [3.8, 4) is 5.75 Å². The van der Waals surface area contributed by atoms with Gasteiger partial charge in [0.15, 0.2) is 5.65 Å². The van der Waals surface area contributed by atoms with Crippen LogP contribution in [0.25, 0.3) is 5.65 Å². The van der Waals surface area contributed by atoms with Crippen molar-refractivity contribution in [2.24, 2.45) is 5.92 Å². The lowest BCUT2D eigenvalue weighted by molar-refractivity contribution is 0.0844. The summed E-state index contributed by atoms with van der Waals surface area (Å²) in [5.74, 6) is 1.54. The average molecular weight is 439 g/mol. The van der Waals surface area contributed by atoms with Gasteiger partial charge in [-0.3, -0.25) is 9.89 Å². The van der Waals surface area contributed by atoms with E-state index in [0.717, 1.165) is 48.8 Å². The molecule has 172 valence electrons. The fourth-order valence-corrected chi connectivity index (χ4v) is 4.27. The highest BCUT2D eigenvalue weighted by atomic mass is 16.5. The van der Waals surface area contributed by atoms with Crippen molar-refractivity contribution in [3.63, 3.8) is 0 Å². The number of ether oxygens (including phenoxy) is 2. The number of H-pyrrole nitrogens is 1. The van der Waals surface area contributed by atoms with Crippen molar-refractivity contribution >= 4 is 5.65 Å². The molecule has 1 atom stereocenters. The molecule has 3 aromatic rings. The summed E-state index contributed by atoms with van der Waals surface area (Å²) in [6, 6.07) is 11.8. The second-order valence-corrected chi connectivity index (χ2v) is 9.22. The molecule has 7 nitrogen and oxygen atoms in total. The van der Waals surface area contributed by atoms with Crippen LogP contribution < -0.4 is 15.6 Å². The Morgan fingerprint density at radius 1 is 1.16 bits per heavy atom. The number of fused-ring (bicyclic) bond motifs is 1. The molecule has 0 spiro atoms. The molecule has 0 aliphatic carbocycles. The number of benzene rings is 1. The Morgan fingerprint density at radius 2 is 1.88 bits per heavy atom. The largest absolute Gasteiger partial charge is 0.491 e. The van der Waals surface area contributed by atoms with Crippen LogP contribution in [-0.4, -0.2) is 33.9 Å². The maximum absolute atomic E-state index is 12.8. The van der Waals surface area contributed by atoms with Crippen molar-refractivity contribution in [1.29, 1.82) is 0 Å². The Labute approximate surface area is 189 Å². The fraction of sp³-hybridized carbons (Fsp3) is 0.520. The van der Waals surface area contributed by atoms with Crippen LogP contribution in [-0.2, 0) is 11.3 Å². The summed E-state index contributed by atoms with van der Waals surface area (Å²) in [7, 11) is 0. The summed E-state index contributed by atoms with van der Waals surface area (Å²) in [6.45, 7) is 10.5. The summed E-state index contributed by atoms with van der Waals surface area (Å²) in [5, 5.41) is 6.86. The Hall–Kier alpha value is -2.64. The minimum absolute atomic E-state index is 0.0271. The van der Waals surface area contributed by atoms with Crippen LogP contribution >= 0.6 is 0 Å². The average Bonchev–Trinajstić information content (AvgIpc) is 3.20. The molecule has 1 fully saturated rings. The van der Waals surface area contributed by atoms with E-state index in [0.29, 0.717) is 18.1 Å². The van der Waals surface area contributed by atoms with E-state index in [1.807, 2.05) is 32.0 Å². The van der Waals surface area contributed by atoms with Gasteiger partial charge in [-0.25, -0.2) is 9.50 Å². The Bertz CT molecular complexity index is 1080. The zero-order valence-electron chi connectivity index (χ0n) is 19.4. The van der Waals surface area contributed by atoms with Gasteiger partial charge in [0.05, 0.1) is 17.8 Å². The molecule has 0 bridgehead atoms. The highest BCUT2D eigenvalue weighted by Gasteiger charge is 2.22. The Morgan fingerprint density at radius 3 is 2.53 bits per heavy atom. The third-order valence-electron chi connectivity index (χ3n) is 5.96. The maximum Gasteiger partial charge on any atom is 0.272 e. The topological polar surface area (TPSA) is 80.6 Å². The third kappa shape index (κ3) is 5.22. The van der Waals surface area contributed by atoms with Crippen molar-refractivity contribution < 1.29 is 9.47 Å². The number of aromatic amines is 1. The van der Waals surface area contributed by atoms with Crippen LogP contribution in [0.2, 0.25) is 0 Å². The van der Waals surface area contributed by atoms with Gasteiger partial charge in [-0.1, -0.05) is 26.0 Å². The first-order valence-electron chi connectivity index (χ1n) is 11.6. The van der Waals surface area contributed by atoms with E-state index in [1.165, 1.54) is 0 Å². The van der Waals surface area contributed by atoms with Gasteiger partial charge in [0.1, 0.15) is 5.75 Å². The first kappa shape index (κ1) is 22.6. The molecule has 32 heavy (non-hydrogen) atoms. The highest BCUT2D eigenvalue weighted by Crippen LogP contribution is 2.27. The molecular formula is C25H34N4O3. The fourth-order valence-electron chi connectivity index (χ4n) is 4.27. The zero-order chi connectivity index (χ0) is 22.7. The summed E-state index contributed by atoms with van der Waals surface area (Å²) >= 11 is 0. The number of hydrogen-bond donors (Lipinski definition) is 2. The van der Waals surface area contributed by atoms with Crippen molar-refractivity contribution in [3.05, 3.63) is 63.7 Å². The zero-order valence-corrected chi connectivity index (χ0v) is 19.4. The van der Waals surface area contributed by atoms with Crippen molar-refractivity contribution in [1.82, 2.24) is 19.9 Å². The molecule has 0 radical (unpaired) electrons. The quantitative estimate of drug-likeness (QED) is 0.551. The lowest BCUT2D eigenvalue weighted by atomic mass is 9.97. The lowest BCUT2D eigenvalue weighted by Crippen LogP contribution is -2.28. The summed E-state index contributed by atoms with van der Waals surface area (Å²) in [6.07, 6.45) is 2.09. The van der Waals surface area contributed by atoms with Gasteiger partial charge in [0.25, 0.3) is 5.56 Å². The summed E-state index contributed by atoms with van der Waals surface area (Å²) < 4.78 is 12.7. The molecule has 1 aliphatic heterocycles. The minimum atomic E-state index is -0.0778. The highest BCUT2D eigenvalue weighted by molar-refractivity contribution is 5.41. The molecule has 0 unspecified atom stereocenters. The van der Waals surface area contributed by atoms with Gasteiger partial charge in [-0.2, -0.15) is 0 Å². The van der Waals surface area contributed by atoms with E-state index in [1.54, 1.807) is 10.6 Å². The Kier molecular flexibility index (Phi) is 6.96. The van der Waals surface area contributed by atoms with Crippen LogP contribution in [0.1, 0.15) is 69.4 Å². The molecule has 1 aliphatic rings. The summed E-state index contributed by atoms with van der Waals surface area (Å²) in [5.41, 5.74) is 3.60. The maximum atomic E-state index is 12.8. The molecule has 2 aromatic heterocycles. The van der Waals surface area contributed by atoms with Gasteiger partial charge >= 0.3 is 0 Å². The number of hydrogen-bond acceptors (Lipinski definition) is 5. The number of rotatable bonds is 8. The number of nitrogens with one attached hydrogen (secondary N) is 2.